The second kappa shape index (κ2) is 6.73. The number of ether oxygens (including phenoxy) is 1. The zero-order valence-corrected chi connectivity index (χ0v) is 10.3. The van der Waals surface area contributed by atoms with Crippen molar-refractivity contribution in [3.8, 4) is 5.75 Å². The second-order valence-corrected chi connectivity index (χ2v) is 4.52. The van der Waals surface area contributed by atoms with Crippen LogP contribution in [0, 0.1) is 0 Å². The molecule has 0 fully saturated rings. The number of alkyl halides is 1. The lowest BCUT2D eigenvalue weighted by Crippen LogP contribution is -2.01. The van der Waals surface area contributed by atoms with Gasteiger partial charge in [-0.1, -0.05) is 25.1 Å². The monoisotopic (exact) mass is 226 g/mol. The van der Waals surface area contributed by atoms with E-state index in [9.17, 15) is 0 Å². The van der Waals surface area contributed by atoms with E-state index in [1.807, 2.05) is 25.1 Å². The van der Waals surface area contributed by atoms with E-state index in [0.29, 0.717) is 0 Å². The summed E-state index contributed by atoms with van der Waals surface area (Å²) in [6, 6.07) is 8.21. The van der Waals surface area contributed by atoms with Gasteiger partial charge in [-0.15, -0.1) is 11.6 Å². The quantitative estimate of drug-likeness (QED) is 0.666. The molecule has 1 aromatic rings. The van der Waals surface area contributed by atoms with Gasteiger partial charge in [-0.05, 0) is 37.8 Å². The Balaban J connectivity index is 2.59. The molecule has 2 heteroatoms. The Morgan fingerprint density at radius 2 is 2.07 bits per heavy atom. The van der Waals surface area contributed by atoms with Crippen LogP contribution in [-0.4, -0.2) is 12.0 Å². The number of halogens is 1. The summed E-state index contributed by atoms with van der Waals surface area (Å²) in [6.45, 7) is 4.92. The number of hydrogen-bond donors (Lipinski definition) is 0. The Bertz CT molecular complexity index is 284. The van der Waals surface area contributed by atoms with Gasteiger partial charge in [-0.2, -0.15) is 0 Å². The molecule has 0 saturated heterocycles. The molecular formula is C13H19ClO. The van der Waals surface area contributed by atoms with Crippen molar-refractivity contribution in [2.45, 2.75) is 38.5 Å². The predicted molar refractivity (Wildman–Crippen MR) is 65.9 cm³/mol. The minimum absolute atomic E-state index is 0.226. The van der Waals surface area contributed by atoms with Gasteiger partial charge >= 0.3 is 0 Å². The molecule has 15 heavy (non-hydrogen) atoms. The third-order valence-corrected chi connectivity index (χ3v) is 2.46. The maximum Gasteiger partial charge on any atom is 0.122 e. The molecule has 0 bridgehead atoms. The van der Waals surface area contributed by atoms with Crippen LogP contribution in [0.25, 0.3) is 0 Å². The van der Waals surface area contributed by atoms with Gasteiger partial charge in [0.2, 0.25) is 0 Å². The van der Waals surface area contributed by atoms with Crippen molar-refractivity contribution in [3.63, 3.8) is 0 Å². The first-order valence-corrected chi connectivity index (χ1v) is 6.02. The number of aryl methyl sites for hydroxylation is 1. The molecule has 0 amide bonds. The fourth-order valence-electron chi connectivity index (χ4n) is 1.42. The van der Waals surface area contributed by atoms with E-state index < -0.39 is 0 Å². The highest BCUT2D eigenvalue weighted by molar-refractivity contribution is 6.20. The van der Waals surface area contributed by atoms with Crippen LogP contribution in [0.2, 0.25) is 0 Å². The Kier molecular flexibility index (Phi) is 5.56. The van der Waals surface area contributed by atoms with Gasteiger partial charge in [-0.25, -0.2) is 0 Å². The minimum Gasteiger partial charge on any atom is -0.493 e. The lowest BCUT2D eigenvalue weighted by atomic mass is 10.1. The molecule has 0 spiro atoms. The fourth-order valence-corrected chi connectivity index (χ4v) is 1.53. The van der Waals surface area contributed by atoms with Crippen molar-refractivity contribution in [1.29, 1.82) is 0 Å². The molecule has 1 aromatic carbocycles. The van der Waals surface area contributed by atoms with Crippen LogP contribution in [0.15, 0.2) is 24.3 Å². The maximum absolute atomic E-state index is 5.94. The first-order chi connectivity index (χ1) is 7.24. The third-order valence-electron chi connectivity index (χ3n) is 2.25. The SMILES string of the molecule is CCCOc1ccccc1CCC(C)Cl. The van der Waals surface area contributed by atoms with E-state index in [1.165, 1.54) is 5.56 Å². The summed E-state index contributed by atoms with van der Waals surface area (Å²) in [5.74, 6) is 1.01. The highest BCUT2D eigenvalue weighted by Gasteiger charge is 2.04. The van der Waals surface area contributed by atoms with Crippen LogP contribution in [0.4, 0.5) is 0 Å². The van der Waals surface area contributed by atoms with Gasteiger partial charge in [0.05, 0.1) is 6.61 Å². The average Bonchev–Trinajstić information content (AvgIpc) is 2.24. The molecule has 0 aliphatic carbocycles. The predicted octanol–water partition coefficient (Wildman–Crippen LogP) is 4.04. The second-order valence-electron chi connectivity index (χ2n) is 3.78. The van der Waals surface area contributed by atoms with Crippen molar-refractivity contribution in [2.75, 3.05) is 6.61 Å². The maximum atomic E-state index is 5.94. The van der Waals surface area contributed by atoms with Crippen molar-refractivity contribution in [1.82, 2.24) is 0 Å². The standard InChI is InChI=1S/C13H19ClO/c1-3-10-15-13-7-5-4-6-12(13)9-8-11(2)14/h4-7,11H,3,8-10H2,1-2H3. The number of para-hydroxylation sites is 1. The Morgan fingerprint density at radius 1 is 1.33 bits per heavy atom. The van der Waals surface area contributed by atoms with Gasteiger partial charge in [-0.3, -0.25) is 0 Å². The van der Waals surface area contributed by atoms with Crippen molar-refractivity contribution < 1.29 is 4.74 Å². The molecule has 0 heterocycles. The van der Waals surface area contributed by atoms with Gasteiger partial charge in [0.1, 0.15) is 5.75 Å². The molecule has 1 unspecified atom stereocenters. The van der Waals surface area contributed by atoms with E-state index in [2.05, 4.69) is 13.0 Å². The topological polar surface area (TPSA) is 9.23 Å². The molecule has 1 atom stereocenters. The van der Waals surface area contributed by atoms with Crippen LogP contribution < -0.4 is 4.74 Å². The van der Waals surface area contributed by atoms with E-state index in [4.69, 9.17) is 16.3 Å². The minimum atomic E-state index is 0.226. The van der Waals surface area contributed by atoms with Crippen LogP contribution in [0.1, 0.15) is 32.3 Å². The van der Waals surface area contributed by atoms with Crippen LogP contribution >= 0.6 is 11.6 Å². The summed E-state index contributed by atoms with van der Waals surface area (Å²) in [5.41, 5.74) is 1.26. The largest absolute Gasteiger partial charge is 0.493 e. The van der Waals surface area contributed by atoms with E-state index in [-0.39, 0.29) is 5.38 Å². The summed E-state index contributed by atoms with van der Waals surface area (Å²) in [5, 5.41) is 0.226. The zero-order chi connectivity index (χ0) is 11.1. The molecule has 0 radical (unpaired) electrons. The Morgan fingerprint density at radius 3 is 2.73 bits per heavy atom. The highest BCUT2D eigenvalue weighted by atomic mass is 35.5. The number of hydrogen-bond acceptors (Lipinski definition) is 1. The summed E-state index contributed by atoms with van der Waals surface area (Å²) in [4.78, 5) is 0. The molecule has 0 N–H and O–H groups in total. The number of benzene rings is 1. The lowest BCUT2D eigenvalue weighted by Gasteiger charge is -2.11. The van der Waals surface area contributed by atoms with Gasteiger partial charge in [0, 0.05) is 5.38 Å². The smallest absolute Gasteiger partial charge is 0.122 e. The first kappa shape index (κ1) is 12.4. The molecular weight excluding hydrogens is 208 g/mol. The summed E-state index contributed by atoms with van der Waals surface area (Å²) in [7, 11) is 0. The van der Waals surface area contributed by atoms with Gasteiger partial charge in [0.25, 0.3) is 0 Å². The average molecular weight is 227 g/mol. The van der Waals surface area contributed by atoms with Crippen LogP contribution in [0.5, 0.6) is 5.75 Å². The molecule has 84 valence electrons. The van der Waals surface area contributed by atoms with Crippen molar-refractivity contribution in [2.24, 2.45) is 0 Å². The van der Waals surface area contributed by atoms with Crippen molar-refractivity contribution in [3.05, 3.63) is 29.8 Å². The Labute approximate surface area is 97.4 Å². The van der Waals surface area contributed by atoms with Gasteiger partial charge < -0.3 is 4.74 Å². The molecule has 1 rings (SSSR count). The van der Waals surface area contributed by atoms with Crippen LogP contribution in [0.3, 0.4) is 0 Å². The summed E-state index contributed by atoms with van der Waals surface area (Å²) < 4.78 is 5.68. The van der Waals surface area contributed by atoms with Gasteiger partial charge in [0.15, 0.2) is 0 Å². The Hall–Kier alpha value is -0.690. The van der Waals surface area contributed by atoms with E-state index in [0.717, 1.165) is 31.6 Å². The lowest BCUT2D eigenvalue weighted by molar-refractivity contribution is 0.314. The molecule has 0 aliphatic rings. The zero-order valence-electron chi connectivity index (χ0n) is 9.50. The summed E-state index contributed by atoms with van der Waals surface area (Å²) >= 11 is 5.94. The third kappa shape index (κ3) is 4.57. The van der Waals surface area contributed by atoms with Crippen molar-refractivity contribution >= 4 is 11.6 Å². The molecule has 0 aromatic heterocycles. The number of rotatable bonds is 6. The highest BCUT2D eigenvalue weighted by Crippen LogP contribution is 2.21. The van der Waals surface area contributed by atoms with Crippen LogP contribution in [-0.2, 0) is 6.42 Å². The first-order valence-electron chi connectivity index (χ1n) is 5.58. The fraction of sp³-hybridized carbons (Fsp3) is 0.538. The van der Waals surface area contributed by atoms with E-state index >= 15 is 0 Å². The molecule has 0 saturated carbocycles. The normalized spacial score (nSPS) is 12.5. The molecule has 0 aliphatic heterocycles. The molecule has 1 nitrogen and oxygen atoms in total. The summed E-state index contributed by atoms with van der Waals surface area (Å²) in [6.07, 6.45) is 3.03. The van der Waals surface area contributed by atoms with E-state index in [1.54, 1.807) is 0 Å².